The molecule has 3 rings (SSSR count). The van der Waals surface area contributed by atoms with E-state index in [2.05, 4.69) is 27.8 Å². The Bertz CT molecular complexity index is 682. The van der Waals surface area contributed by atoms with Crippen LogP contribution >= 0.6 is 11.3 Å². The summed E-state index contributed by atoms with van der Waals surface area (Å²) >= 11 is 1.35. The van der Waals surface area contributed by atoms with Crippen molar-refractivity contribution in [3.8, 4) is 0 Å². The summed E-state index contributed by atoms with van der Waals surface area (Å²) in [5, 5.41) is 15.2. The normalized spacial score (nSPS) is 19.5. The number of nitrogens with zero attached hydrogens (tertiary/aromatic N) is 3. The summed E-state index contributed by atoms with van der Waals surface area (Å²) in [4.78, 5) is 39.0. The molecule has 2 aliphatic rings. The molecule has 0 aromatic carbocycles. The van der Waals surface area contributed by atoms with Gasteiger partial charge in [0.2, 0.25) is 22.9 Å². The van der Waals surface area contributed by atoms with Crippen molar-refractivity contribution in [1.29, 1.82) is 0 Å². The summed E-state index contributed by atoms with van der Waals surface area (Å²) in [5.41, 5.74) is 0. The molecule has 2 fully saturated rings. The van der Waals surface area contributed by atoms with Crippen LogP contribution in [0.3, 0.4) is 0 Å². The van der Waals surface area contributed by atoms with Crippen LogP contribution in [-0.2, 0) is 20.8 Å². The summed E-state index contributed by atoms with van der Waals surface area (Å²) < 4.78 is 0. The minimum absolute atomic E-state index is 0.0229. The third-order valence-electron chi connectivity index (χ3n) is 4.81. The number of imide groups is 1. The Labute approximate surface area is 163 Å². The number of aromatic nitrogens is 2. The fourth-order valence-electron chi connectivity index (χ4n) is 3.24. The van der Waals surface area contributed by atoms with Crippen molar-refractivity contribution in [1.82, 2.24) is 20.4 Å². The van der Waals surface area contributed by atoms with E-state index in [1.165, 1.54) is 16.2 Å². The van der Waals surface area contributed by atoms with Gasteiger partial charge < -0.3 is 10.6 Å². The van der Waals surface area contributed by atoms with E-state index in [9.17, 15) is 14.4 Å². The van der Waals surface area contributed by atoms with Crippen LogP contribution in [0.5, 0.6) is 0 Å². The molecule has 9 heteroatoms. The lowest BCUT2D eigenvalue weighted by Crippen LogP contribution is -2.46. The molecule has 1 aliphatic heterocycles. The molecule has 2 heterocycles. The molecule has 0 radical (unpaired) electrons. The SMILES string of the molecule is CCCc1nnc(NC(=O)CCC(=O)N(C(=O)C2CCCNC2)C2CC2)s1. The number of nitrogens with one attached hydrogen (secondary N) is 2. The largest absolute Gasteiger partial charge is 0.316 e. The summed E-state index contributed by atoms with van der Waals surface area (Å²) in [6.07, 6.45) is 5.39. The number of rotatable bonds is 8. The Kier molecular flexibility index (Phi) is 6.89. The molecule has 2 N–H and O–H groups in total. The van der Waals surface area contributed by atoms with Gasteiger partial charge in [-0.05, 0) is 38.6 Å². The molecule has 8 nitrogen and oxygen atoms in total. The van der Waals surface area contributed by atoms with E-state index >= 15 is 0 Å². The fraction of sp³-hybridized carbons (Fsp3) is 0.722. The van der Waals surface area contributed by atoms with Crippen LogP contribution in [0, 0.1) is 5.92 Å². The van der Waals surface area contributed by atoms with Gasteiger partial charge >= 0.3 is 0 Å². The van der Waals surface area contributed by atoms with Crippen LogP contribution < -0.4 is 10.6 Å². The number of piperidine rings is 1. The van der Waals surface area contributed by atoms with Gasteiger partial charge in [-0.15, -0.1) is 10.2 Å². The summed E-state index contributed by atoms with van der Waals surface area (Å²) in [6, 6.07) is 0.0229. The second-order valence-electron chi connectivity index (χ2n) is 7.18. The highest BCUT2D eigenvalue weighted by Gasteiger charge is 2.39. The van der Waals surface area contributed by atoms with Gasteiger partial charge in [-0.3, -0.25) is 19.3 Å². The van der Waals surface area contributed by atoms with Crippen molar-refractivity contribution >= 4 is 34.2 Å². The highest BCUT2D eigenvalue weighted by molar-refractivity contribution is 7.15. The van der Waals surface area contributed by atoms with Gasteiger partial charge in [0, 0.05) is 31.8 Å². The van der Waals surface area contributed by atoms with Crippen LogP contribution in [-0.4, -0.2) is 52.0 Å². The Morgan fingerprint density at radius 1 is 1.22 bits per heavy atom. The van der Waals surface area contributed by atoms with Crippen molar-refractivity contribution in [2.24, 2.45) is 5.92 Å². The average molecular weight is 394 g/mol. The van der Waals surface area contributed by atoms with Gasteiger partial charge in [0.15, 0.2) is 0 Å². The Morgan fingerprint density at radius 3 is 2.70 bits per heavy atom. The second kappa shape index (κ2) is 9.36. The maximum atomic E-state index is 12.8. The molecule has 1 saturated carbocycles. The molecule has 1 saturated heterocycles. The zero-order valence-corrected chi connectivity index (χ0v) is 16.5. The maximum Gasteiger partial charge on any atom is 0.233 e. The minimum atomic E-state index is -0.273. The van der Waals surface area contributed by atoms with Crippen LogP contribution in [0.15, 0.2) is 0 Å². The first-order valence-electron chi connectivity index (χ1n) is 9.77. The number of carbonyl (C=O) groups is 3. The van der Waals surface area contributed by atoms with E-state index in [1.807, 2.05) is 0 Å². The predicted octanol–water partition coefficient (Wildman–Crippen LogP) is 1.73. The van der Waals surface area contributed by atoms with E-state index in [4.69, 9.17) is 0 Å². The van der Waals surface area contributed by atoms with Crippen LogP contribution in [0.4, 0.5) is 5.13 Å². The Morgan fingerprint density at radius 2 is 2.04 bits per heavy atom. The van der Waals surface area contributed by atoms with Crippen molar-refractivity contribution in [3.63, 3.8) is 0 Å². The quantitative estimate of drug-likeness (QED) is 0.697. The van der Waals surface area contributed by atoms with Gasteiger partial charge in [0.1, 0.15) is 5.01 Å². The fourth-order valence-corrected chi connectivity index (χ4v) is 4.10. The number of aryl methyl sites for hydroxylation is 1. The smallest absolute Gasteiger partial charge is 0.233 e. The van der Waals surface area contributed by atoms with Crippen molar-refractivity contribution in [2.75, 3.05) is 18.4 Å². The number of amides is 3. The van der Waals surface area contributed by atoms with Crippen molar-refractivity contribution in [2.45, 2.75) is 64.3 Å². The third kappa shape index (κ3) is 5.55. The predicted molar refractivity (Wildman–Crippen MR) is 102 cm³/mol. The molecule has 27 heavy (non-hydrogen) atoms. The Hall–Kier alpha value is -1.87. The lowest BCUT2D eigenvalue weighted by atomic mass is 9.97. The summed E-state index contributed by atoms with van der Waals surface area (Å²) in [7, 11) is 0. The number of carbonyl (C=O) groups excluding carboxylic acids is 3. The topological polar surface area (TPSA) is 104 Å². The van der Waals surface area contributed by atoms with E-state index in [1.54, 1.807) is 0 Å². The summed E-state index contributed by atoms with van der Waals surface area (Å²) in [6.45, 7) is 3.61. The second-order valence-corrected chi connectivity index (χ2v) is 8.24. The molecule has 1 unspecified atom stereocenters. The highest BCUT2D eigenvalue weighted by atomic mass is 32.1. The summed E-state index contributed by atoms with van der Waals surface area (Å²) in [5.74, 6) is -0.726. The van der Waals surface area contributed by atoms with Gasteiger partial charge in [0.25, 0.3) is 0 Å². The Balaban J connectivity index is 1.49. The molecular weight excluding hydrogens is 366 g/mol. The van der Waals surface area contributed by atoms with Gasteiger partial charge in [-0.1, -0.05) is 18.3 Å². The lowest BCUT2D eigenvalue weighted by molar-refractivity contribution is -0.149. The molecule has 1 aromatic heterocycles. The molecule has 148 valence electrons. The van der Waals surface area contributed by atoms with Crippen LogP contribution in [0.1, 0.15) is 56.9 Å². The first kappa shape index (κ1) is 19.9. The molecule has 0 spiro atoms. The van der Waals surface area contributed by atoms with Gasteiger partial charge in [-0.25, -0.2) is 0 Å². The zero-order valence-electron chi connectivity index (χ0n) is 15.7. The van der Waals surface area contributed by atoms with E-state index < -0.39 is 0 Å². The zero-order chi connectivity index (χ0) is 19.2. The number of anilines is 1. The van der Waals surface area contributed by atoms with Crippen LogP contribution in [0.25, 0.3) is 0 Å². The number of hydrogen-bond donors (Lipinski definition) is 2. The minimum Gasteiger partial charge on any atom is -0.316 e. The van der Waals surface area contributed by atoms with E-state index in [-0.39, 0.29) is 42.5 Å². The van der Waals surface area contributed by atoms with Crippen LogP contribution in [0.2, 0.25) is 0 Å². The van der Waals surface area contributed by atoms with Crippen molar-refractivity contribution < 1.29 is 14.4 Å². The first-order valence-corrected chi connectivity index (χ1v) is 10.6. The monoisotopic (exact) mass is 393 g/mol. The standard InChI is InChI=1S/C18H27N5O3S/c1-2-4-15-21-22-18(27-15)20-14(24)8-9-16(25)23(13-6-7-13)17(26)12-5-3-10-19-11-12/h12-13,19H,2-11H2,1H3,(H,20,22,24). The van der Waals surface area contributed by atoms with E-state index in [0.717, 1.165) is 50.1 Å². The van der Waals surface area contributed by atoms with E-state index in [0.29, 0.717) is 11.7 Å². The molecule has 1 atom stereocenters. The molecular formula is C18H27N5O3S. The molecule has 3 amide bonds. The van der Waals surface area contributed by atoms with Crippen molar-refractivity contribution in [3.05, 3.63) is 5.01 Å². The molecule has 1 aromatic rings. The third-order valence-corrected chi connectivity index (χ3v) is 5.71. The maximum absolute atomic E-state index is 12.8. The first-order chi connectivity index (χ1) is 13.1. The lowest BCUT2D eigenvalue weighted by Gasteiger charge is -2.28. The van der Waals surface area contributed by atoms with Gasteiger partial charge in [0.05, 0.1) is 5.92 Å². The van der Waals surface area contributed by atoms with Gasteiger partial charge in [-0.2, -0.15) is 0 Å². The number of hydrogen-bond acceptors (Lipinski definition) is 7. The average Bonchev–Trinajstić information content (AvgIpc) is 3.41. The molecule has 0 bridgehead atoms. The highest BCUT2D eigenvalue weighted by Crippen LogP contribution is 2.30. The molecule has 1 aliphatic carbocycles.